The molecule has 238 valence electrons. The molecule has 0 spiro atoms. The second kappa shape index (κ2) is 9.97. The Labute approximate surface area is 291 Å². The van der Waals surface area contributed by atoms with E-state index in [0.717, 1.165) is 39.0 Å². The van der Waals surface area contributed by atoms with Gasteiger partial charge in [0.05, 0.1) is 12.3 Å². The molecule has 10 rings (SSSR count). The van der Waals surface area contributed by atoms with Crippen LogP contribution in [-0.2, 0) is 10.8 Å². The molecule has 7 aromatic carbocycles. The van der Waals surface area contributed by atoms with Gasteiger partial charge < -0.3 is 9.32 Å². The smallest absolute Gasteiger partial charge is 0.187 e. The van der Waals surface area contributed by atoms with Crippen molar-refractivity contribution in [3.63, 3.8) is 0 Å². The second-order valence-electron chi connectivity index (χ2n) is 14.8. The minimum absolute atomic E-state index is 0.0429. The van der Waals surface area contributed by atoms with Crippen molar-refractivity contribution >= 4 is 55.5 Å². The van der Waals surface area contributed by atoms with Gasteiger partial charge in [-0.15, -0.1) is 0 Å². The van der Waals surface area contributed by atoms with Crippen LogP contribution >= 0.6 is 0 Å². The second-order valence-corrected chi connectivity index (χ2v) is 14.8. The number of para-hydroxylation sites is 2. The third kappa shape index (κ3) is 3.79. The molecule has 1 aromatic heterocycles. The summed E-state index contributed by atoms with van der Waals surface area (Å²) in [5.74, 6) is 0. The first-order chi connectivity index (χ1) is 24.3. The standard InChI is InChI=1S/C47H34N2O/c1-46(2)39-14-8-6-11-33(39)37-26-41-38(27-40(37)46)35-23-17-28-25-31(22-24-32(28)44(35)47(41,3)4)49(30-20-18-29(48-5)19-21-30)42-15-10-13-36-34-12-7-9-16-43(34)50-45(36)42/h6-27H,1-4H3. The minimum Gasteiger partial charge on any atom is -0.454 e. The van der Waals surface area contributed by atoms with E-state index in [1.165, 1.54) is 55.3 Å². The summed E-state index contributed by atoms with van der Waals surface area (Å²) in [6.45, 7) is 17.0. The number of furan rings is 1. The summed E-state index contributed by atoms with van der Waals surface area (Å²) in [5.41, 5.74) is 16.1. The van der Waals surface area contributed by atoms with Gasteiger partial charge in [-0.05, 0) is 104 Å². The molecule has 3 nitrogen and oxygen atoms in total. The van der Waals surface area contributed by atoms with Gasteiger partial charge >= 0.3 is 0 Å². The third-order valence-electron chi connectivity index (χ3n) is 11.4. The van der Waals surface area contributed by atoms with Crippen LogP contribution in [0.25, 0.3) is 59.8 Å². The quantitative estimate of drug-likeness (QED) is 0.179. The molecule has 0 aliphatic heterocycles. The lowest BCUT2D eigenvalue weighted by Gasteiger charge is -2.27. The van der Waals surface area contributed by atoms with Gasteiger partial charge in [0.15, 0.2) is 11.3 Å². The van der Waals surface area contributed by atoms with Gasteiger partial charge in [0.2, 0.25) is 0 Å². The van der Waals surface area contributed by atoms with E-state index in [2.05, 4.69) is 135 Å². The molecule has 0 atom stereocenters. The summed E-state index contributed by atoms with van der Waals surface area (Å²) in [5, 5.41) is 4.65. The maximum Gasteiger partial charge on any atom is 0.187 e. The van der Waals surface area contributed by atoms with Gasteiger partial charge in [0.1, 0.15) is 5.58 Å². The van der Waals surface area contributed by atoms with Crippen LogP contribution in [0.3, 0.4) is 0 Å². The van der Waals surface area contributed by atoms with Crippen LogP contribution < -0.4 is 4.90 Å². The maximum absolute atomic E-state index is 7.54. The Kier molecular flexibility index (Phi) is 5.75. The van der Waals surface area contributed by atoms with Crippen molar-refractivity contribution in [2.24, 2.45) is 0 Å². The van der Waals surface area contributed by atoms with E-state index in [9.17, 15) is 0 Å². The van der Waals surface area contributed by atoms with Crippen molar-refractivity contribution in [1.82, 2.24) is 0 Å². The van der Waals surface area contributed by atoms with Crippen LogP contribution in [-0.4, -0.2) is 0 Å². The van der Waals surface area contributed by atoms with Crippen molar-refractivity contribution in [2.75, 3.05) is 4.90 Å². The van der Waals surface area contributed by atoms with Crippen molar-refractivity contribution in [1.29, 1.82) is 0 Å². The minimum atomic E-state index is -0.169. The molecular weight excluding hydrogens is 609 g/mol. The largest absolute Gasteiger partial charge is 0.454 e. The highest BCUT2D eigenvalue weighted by Gasteiger charge is 2.42. The van der Waals surface area contributed by atoms with E-state index in [1.54, 1.807) is 0 Å². The number of hydrogen-bond donors (Lipinski definition) is 0. The van der Waals surface area contributed by atoms with E-state index in [-0.39, 0.29) is 10.8 Å². The molecule has 0 saturated heterocycles. The lowest BCUT2D eigenvalue weighted by molar-refractivity contribution is 0.654. The van der Waals surface area contributed by atoms with Crippen molar-refractivity contribution in [3.05, 3.63) is 167 Å². The van der Waals surface area contributed by atoms with Crippen LogP contribution in [0, 0.1) is 6.57 Å². The van der Waals surface area contributed by atoms with E-state index in [4.69, 9.17) is 11.0 Å². The first-order valence-corrected chi connectivity index (χ1v) is 17.3. The number of rotatable bonds is 3. The molecule has 0 unspecified atom stereocenters. The van der Waals surface area contributed by atoms with Crippen LogP contribution in [0.15, 0.2) is 138 Å². The number of hydrogen-bond acceptors (Lipinski definition) is 2. The van der Waals surface area contributed by atoms with Crippen molar-refractivity contribution in [3.8, 4) is 22.3 Å². The van der Waals surface area contributed by atoms with Gasteiger partial charge in [-0.3, -0.25) is 0 Å². The fourth-order valence-corrected chi connectivity index (χ4v) is 8.99. The topological polar surface area (TPSA) is 20.7 Å². The molecule has 2 aliphatic rings. The molecule has 50 heavy (non-hydrogen) atoms. The SMILES string of the molecule is [C-]#[N+]c1ccc(N(c2ccc3c4c(ccc3c2)-c2cc3c(cc2C4(C)C)-c2ccccc2C3(C)C)c2cccc3c2oc2ccccc23)cc1. The number of fused-ring (bicyclic) bond motifs is 11. The van der Waals surface area contributed by atoms with E-state index in [0.29, 0.717) is 5.69 Å². The normalized spacial score (nSPS) is 14.7. The highest BCUT2D eigenvalue weighted by molar-refractivity contribution is 6.10. The summed E-state index contributed by atoms with van der Waals surface area (Å²) < 4.78 is 6.54. The number of benzene rings is 7. The van der Waals surface area contributed by atoms with Crippen LogP contribution in [0.2, 0.25) is 0 Å². The van der Waals surface area contributed by atoms with Crippen molar-refractivity contribution < 1.29 is 4.42 Å². The molecule has 0 saturated carbocycles. The van der Waals surface area contributed by atoms with Gasteiger partial charge in [0.25, 0.3) is 0 Å². The fraction of sp³-hybridized carbons (Fsp3) is 0.128. The van der Waals surface area contributed by atoms with Crippen LogP contribution in [0.5, 0.6) is 0 Å². The molecule has 0 bridgehead atoms. The summed E-state index contributed by atoms with van der Waals surface area (Å²) in [6.07, 6.45) is 0. The first kappa shape index (κ1) is 28.9. The lowest BCUT2D eigenvalue weighted by atomic mass is 9.78. The zero-order valence-electron chi connectivity index (χ0n) is 28.5. The Hall–Kier alpha value is -6.11. The van der Waals surface area contributed by atoms with E-state index >= 15 is 0 Å². The third-order valence-corrected chi connectivity index (χ3v) is 11.4. The molecule has 0 N–H and O–H groups in total. The summed E-state index contributed by atoms with van der Waals surface area (Å²) >= 11 is 0. The van der Waals surface area contributed by atoms with Gasteiger partial charge in [-0.1, -0.05) is 113 Å². The number of anilines is 3. The van der Waals surface area contributed by atoms with Gasteiger partial charge in [-0.25, -0.2) is 4.85 Å². The highest BCUT2D eigenvalue weighted by Crippen LogP contribution is 2.57. The van der Waals surface area contributed by atoms with Crippen LogP contribution in [0.1, 0.15) is 49.9 Å². The Balaban J connectivity index is 1.16. The number of nitrogens with zero attached hydrogens (tertiary/aromatic N) is 2. The van der Waals surface area contributed by atoms with Gasteiger partial charge in [0, 0.05) is 33.0 Å². The zero-order chi connectivity index (χ0) is 33.9. The Morgan fingerprint density at radius 2 is 1.24 bits per heavy atom. The first-order valence-electron chi connectivity index (χ1n) is 17.3. The molecule has 0 amide bonds. The zero-order valence-corrected chi connectivity index (χ0v) is 28.5. The Morgan fingerprint density at radius 3 is 2.06 bits per heavy atom. The predicted octanol–water partition coefficient (Wildman–Crippen LogP) is 13.4. The molecule has 0 radical (unpaired) electrons. The van der Waals surface area contributed by atoms with Crippen LogP contribution in [0.4, 0.5) is 22.7 Å². The average Bonchev–Trinajstić information content (AvgIpc) is 3.71. The predicted molar refractivity (Wildman–Crippen MR) is 207 cm³/mol. The average molecular weight is 643 g/mol. The fourth-order valence-electron chi connectivity index (χ4n) is 8.99. The van der Waals surface area contributed by atoms with Crippen molar-refractivity contribution in [2.45, 2.75) is 38.5 Å². The molecule has 8 aromatic rings. The van der Waals surface area contributed by atoms with E-state index < -0.39 is 0 Å². The summed E-state index contributed by atoms with van der Waals surface area (Å²) in [7, 11) is 0. The molecular formula is C47H34N2O. The van der Waals surface area contributed by atoms with Gasteiger partial charge in [-0.2, -0.15) is 0 Å². The Morgan fingerprint density at radius 1 is 0.540 bits per heavy atom. The summed E-state index contributed by atoms with van der Waals surface area (Å²) in [6, 6.07) is 47.8. The van der Waals surface area contributed by atoms with E-state index in [1.807, 2.05) is 36.4 Å². The molecule has 1 heterocycles. The molecule has 3 heteroatoms. The monoisotopic (exact) mass is 642 g/mol. The molecule has 0 fully saturated rings. The highest BCUT2D eigenvalue weighted by atomic mass is 16.3. The molecule has 2 aliphatic carbocycles. The Bertz CT molecular complexity index is 2770. The summed E-state index contributed by atoms with van der Waals surface area (Å²) in [4.78, 5) is 5.91. The lowest BCUT2D eigenvalue weighted by Crippen LogP contribution is -2.17. The maximum atomic E-state index is 7.54.